The number of tetrazole rings is 1. The summed E-state index contributed by atoms with van der Waals surface area (Å²) >= 11 is 0. The first-order chi connectivity index (χ1) is 16.5. The first-order valence-electron chi connectivity index (χ1n) is 10.2. The van der Waals surface area contributed by atoms with E-state index in [1.165, 1.54) is 46.0 Å². The van der Waals surface area contributed by atoms with E-state index in [-0.39, 0.29) is 5.75 Å². The number of halogens is 2. The molecule has 1 atom stereocenters. The van der Waals surface area contributed by atoms with Gasteiger partial charge in [-0.3, -0.25) is 0 Å². The Morgan fingerprint density at radius 2 is 2.00 bits per heavy atom. The van der Waals surface area contributed by atoms with Crippen molar-refractivity contribution in [1.82, 2.24) is 34.8 Å². The maximum absolute atomic E-state index is 14.5. The van der Waals surface area contributed by atoms with Crippen LogP contribution < -0.4 is 4.74 Å². The van der Waals surface area contributed by atoms with Crippen LogP contribution in [0.5, 0.6) is 5.75 Å². The van der Waals surface area contributed by atoms with Gasteiger partial charge in [-0.05, 0) is 59.8 Å². The molecule has 2 aromatic carbocycles. The fourth-order valence-electron chi connectivity index (χ4n) is 3.59. The highest BCUT2D eigenvalue weighted by Crippen LogP contribution is 2.30. The highest BCUT2D eigenvalue weighted by atomic mass is 19.1. The molecule has 0 N–H and O–H groups in total. The number of ether oxygens (including phenoxy) is 1. The Bertz CT molecular complexity index is 1520. The molecule has 0 radical (unpaired) electrons. The van der Waals surface area contributed by atoms with Crippen LogP contribution in [0.2, 0.25) is 0 Å². The zero-order valence-corrected chi connectivity index (χ0v) is 17.8. The van der Waals surface area contributed by atoms with E-state index < -0.39 is 17.7 Å². The molecule has 0 saturated carbocycles. The third kappa shape index (κ3) is 4.04. The molecule has 3 aromatic heterocycles. The third-order valence-electron chi connectivity index (χ3n) is 5.15. The van der Waals surface area contributed by atoms with Gasteiger partial charge in [0.05, 0.1) is 30.1 Å². The Balaban J connectivity index is 1.50. The van der Waals surface area contributed by atoms with Gasteiger partial charge in [0.2, 0.25) is 0 Å². The van der Waals surface area contributed by atoms with Gasteiger partial charge in [0.15, 0.2) is 17.2 Å². The van der Waals surface area contributed by atoms with Crippen molar-refractivity contribution in [2.45, 2.75) is 19.6 Å². The largest absolute Gasteiger partial charge is 0.486 e. The van der Waals surface area contributed by atoms with Crippen LogP contribution in [0.1, 0.15) is 12.5 Å². The van der Waals surface area contributed by atoms with Crippen molar-refractivity contribution in [3.05, 3.63) is 78.4 Å². The SMILES string of the molecule is C[C@@H](Cn1cnnn1)Oc1cc(-c2ccn3ncc(-c4cc(F)ccc4C#N)c3n2)ccc1F. The Morgan fingerprint density at radius 1 is 1.12 bits per heavy atom. The van der Waals surface area contributed by atoms with Crippen LogP contribution in [-0.4, -0.2) is 40.9 Å². The molecule has 0 aliphatic heterocycles. The number of aromatic nitrogens is 7. The average Bonchev–Trinajstić information content (AvgIpc) is 3.50. The molecular formula is C23H16F2N8O. The van der Waals surface area contributed by atoms with E-state index in [2.05, 4.69) is 31.7 Å². The van der Waals surface area contributed by atoms with Crippen LogP contribution in [0.15, 0.2) is 61.2 Å². The molecule has 0 fully saturated rings. The summed E-state index contributed by atoms with van der Waals surface area (Å²) in [4.78, 5) is 4.66. The first kappa shape index (κ1) is 21.1. The van der Waals surface area contributed by atoms with Crippen LogP contribution in [0.25, 0.3) is 28.0 Å². The molecule has 0 bridgehead atoms. The van der Waals surface area contributed by atoms with Gasteiger partial charge >= 0.3 is 0 Å². The predicted octanol–water partition coefficient (Wildman–Crippen LogP) is 3.67. The van der Waals surface area contributed by atoms with E-state index in [4.69, 9.17) is 4.74 Å². The lowest BCUT2D eigenvalue weighted by molar-refractivity contribution is 0.185. The minimum Gasteiger partial charge on any atom is -0.486 e. The Hall–Kier alpha value is -4.72. The van der Waals surface area contributed by atoms with E-state index in [0.29, 0.717) is 40.1 Å². The second kappa shape index (κ2) is 8.67. The van der Waals surface area contributed by atoms with Gasteiger partial charge in [-0.2, -0.15) is 10.4 Å². The van der Waals surface area contributed by atoms with Crippen LogP contribution in [-0.2, 0) is 6.54 Å². The van der Waals surface area contributed by atoms with Crippen molar-refractivity contribution in [3.8, 4) is 34.2 Å². The smallest absolute Gasteiger partial charge is 0.165 e. The monoisotopic (exact) mass is 458 g/mol. The summed E-state index contributed by atoms with van der Waals surface area (Å²) in [6, 6.07) is 12.2. The lowest BCUT2D eigenvalue weighted by atomic mass is 10.0. The number of rotatable bonds is 6. The van der Waals surface area contributed by atoms with Gasteiger partial charge in [-0.15, -0.1) is 5.10 Å². The van der Waals surface area contributed by atoms with E-state index in [0.717, 1.165) is 0 Å². The molecule has 9 nitrogen and oxygen atoms in total. The number of hydrogen-bond acceptors (Lipinski definition) is 7. The summed E-state index contributed by atoms with van der Waals surface area (Å²) in [5.41, 5.74) is 2.77. The molecule has 168 valence electrons. The van der Waals surface area contributed by atoms with E-state index in [1.54, 1.807) is 31.3 Å². The third-order valence-corrected chi connectivity index (χ3v) is 5.15. The lowest BCUT2D eigenvalue weighted by Gasteiger charge is -2.15. The fourth-order valence-corrected chi connectivity index (χ4v) is 3.59. The van der Waals surface area contributed by atoms with Crippen molar-refractivity contribution < 1.29 is 13.5 Å². The summed E-state index contributed by atoms with van der Waals surface area (Å²) in [6.07, 6.45) is 4.27. The molecule has 11 heteroatoms. The van der Waals surface area contributed by atoms with Crippen LogP contribution in [0.4, 0.5) is 8.78 Å². The quantitative estimate of drug-likeness (QED) is 0.382. The normalized spacial score (nSPS) is 11.9. The minimum atomic E-state index is -0.517. The molecule has 34 heavy (non-hydrogen) atoms. The van der Waals surface area contributed by atoms with Gasteiger partial charge in [0, 0.05) is 22.9 Å². The van der Waals surface area contributed by atoms with Gasteiger partial charge in [0.1, 0.15) is 18.2 Å². The average molecular weight is 458 g/mol. The Morgan fingerprint density at radius 3 is 2.79 bits per heavy atom. The molecule has 0 aliphatic carbocycles. The van der Waals surface area contributed by atoms with Crippen molar-refractivity contribution in [2.24, 2.45) is 0 Å². The summed E-state index contributed by atoms with van der Waals surface area (Å²) in [5, 5.41) is 24.6. The molecular weight excluding hydrogens is 442 g/mol. The fraction of sp³-hybridized carbons (Fsp3) is 0.130. The molecule has 5 rings (SSSR count). The van der Waals surface area contributed by atoms with Crippen LogP contribution >= 0.6 is 0 Å². The molecule has 0 spiro atoms. The topological polar surface area (TPSA) is 107 Å². The van der Waals surface area contributed by atoms with E-state index in [1.807, 2.05) is 0 Å². The second-order valence-electron chi connectivity index (χ2n) is 7.55. The Kier molecular flexibility index (Phi) is 5.39. The predicted molar refractivity (Wildman–Crippen MR) is 116 cm³/mol. The van der Waals surface area contributed by atoms with E-state index >= 15 is 0 Å². The zero-order chi connectivity index (χ0) is 23.7. The molecule has 0 amide bonds. The molecule has 3 heterocycles. The minimum absolute atomic E-state index is 0.0605. The maximum atomic E-state index is 14.5. The first-order valence-corrected chi connectivity index (χ1v) is 10.2. The standard InChI is InChI=1S/C23H16F2N8O/c1-14(12-32-13-27-30-31-32)34-22-8-15(3-5-20(22)25)21-6-7-33-23(29-21)19(11-28-33)18-9-17(24)4-2-16(18)10-26/h2-9,11,13-14H,12H2,1H3/t14-/m0/s1. The number of nitrogens with zero attached hydrogens (tertiary/aromatic N) is 8. The molecule has 0 unspecified atom stereocenters. The van der Waals surface area contributed by atoms with Gasteiger partial charge in [-0.1, -0.05) is 0 Å². The van der Waals surface area contributed by atoms with Gasteiger partial charge in [-0.25, -0.2) is 23.0 Å². The maximum Gasteiger partial charge on any atom is 0.165 e. The van der Waals surface area contributed by atoms with Crippen molar-refractivity contribution >= 4 is 5.65 Å². The molecule has 5 aromatic rings. The van der Waals surface area contributed by atoms with Crippen molar-refractivity contribution in [2.75, 3.05) is 0 Å². The highest BCUT2D eigenvalue weighted by Gasteiger charge is 2.16. The summed E-state index contributed by atoms with van der Waals surface area (Å²) in [6.45, 7) is 2.12. The zero-order valence-electron chi connectivity index (χ0n) is 17.8. The highest BCUT2D eigenvalue weighted by molar-refractivity contribution is 5.82. The number of fused-ring (bicyclic) bond motifs is 1. The summed E-state index contributed by atoms with van der Waals surface area (Å²) in [5.74, 6) is -0.928. The van der Waals surface area contributed by atoms with Crippen molar-refractivity contribution in [1.29, 1.82) is 5.26 Å². The number of hydrogen-bond donors (Lipinski definition) is 0. The second-order valence-corrected chi connectivity index (χ2v) is 7.55. The van der Waals surface area contributed by atoms with Crippen LogP contribution in [0, 0.1) is 23.0 Å². The van der Waals surface area contributed by atoms with Gasteiger partial charge in [0.25, 0.3) is 0 Å². The molecule has 0 aliphatic rings. The molecule has 0 saturated heterocycles. The van der Waals surface area contributed by atoms with Crippen molar-refractivity contribution in [3.63, 3.8) is 0 Å². The van der Waals surface area contributed by atoms with Crippen LogP contribution in [0.3, 0.4) is 0 Å². The summed E-state index contributed by atoms with van der Waals surface area (Å²) in [7, 11) is 0. The number of nitriles is 1. The number of benzene rings is 2. The lowest BCUT2D eigenvalue weighted by Crippen LogP contribution is -2.20. The van der Waals surface area contributed by atoms with Gasteiger partial charge < -0.3 is 4.74 Å². The van der Waals surface area contributed by atoms with E-state index in [9.17, 15) is 14.0 Å². The Labute approximate surface area is 191 Å². The summed E-state index contributed by atoms with van der Waals surface area (Å²) < 4.78 is 37.2.